The minimum atomic E-state index is -5.12. The third-order valence-electron chi connectivity index (χ3n) is 7.99. The first-order chi connectivity index (χ1) is 23.9. The van der Waals surface area contributed by atoms with Crippen molar-refractivity contribution in [2.24, 2.45) is 0 Å². The fourth-order valence-corrected chi connectivity index (χ4v) is 5.51. The Labute approximate surface area is 293 Å². The van der Waals surface area contributed by atoms with Gasteiger partial charge in [0.15, 0.2) is 5.75 Å². The summed E-state index contributed by atoms with van der Waals surface area (Å²) in [6.45, 7) is 3.61. The Hall–Kier alpha value is -4.34. The molecule has 4 rings (SSSR count). The van der Waals surface area contributed by atoms with Crippen molar-refractivity contribution < 1.29 is 49.0 Å². The Morgan fingerprint density at radius 1 is 0.745 bits per heavy atom. The highest BCUT2D eigenvalue weighted by Crippen LogP contribution is 2.40. The van der Waals surface area contributed by atoms with Gasteiger partial charge >= 0.3 is 18.5 Å². The molecule has 0 amide bonds. The van der Waals surface area contributed by atoms with Crippen LogP contribution in [-0.2, 0) is 31.6 Å². The zero-order valence-corrected chi connectivity index (χ0v) is 28.8. The molecule has 0 bridgehead atoms. The van der Waals surface area contributed by atoms with Crippen molar-refractivity contribution in [2.45, 2.75) is 51.5 Å². The molecule has 276 valence electrons. The predicted octanol–water partition coefficient (Wildman–Crippen LogP) is 10.1. The standard InChI is InChI=1S/C35H35F9N4O2S/c1-5-47(20-23-6-9-29(49-3)10-7-23)31-11-8-26(33(36,37)38)16-25(31)21-48(32-45-18-30(19-46-32)50-12-13-51-4)22(2)24-14-27(34(39,40)41)17-28(15-24)35(42,43)44/h6-11,14-19,22H,5,12-13,20-21H2,1-4H3/t22-/m0/s1. The summed E-state index contributed by atoms with van der Waals surface area (Å²) in [6, 6.07) is 10.1. The SMILES string of the molecule is CCN(Cc1ccc(OC)cc1)c1ccc(C(F)(F)F)cc1CN(c1ncc(OCCSC)cn1)[C@@H](C)c1cc(C(F)(F)F)cc(C(F)(F)F)c1. The normalized spacial score (nSPS) is 12.8. The van der Waals surface area contributed by atoms with Gasteiger partial charge in [-0.2, -0.15) is 51.3 Å². The molecule has 0 saturated carbocycles. The minimum absolute atomic E-state index is 0.0149. The van der Waals surface area contributed by atoms with E-state index in [1.165, 1.54) is 49.2 Å². The van der Waals surface area contributed by atoms with E-state index in [1.807, 2.05) is 6.26 Å². The zero-order chi connectivity index (χ0) is 37.6. The van der Waals surface area contributed by atoms with Crippen LogP contribution >= 0.6 is 11.8 Å². The lowest BCUT2D eigenvalue weighted by Crippen LogP contribution is -2.31. The second kappa shape index (κ2) is 16.3. The molecule has 3 aromatic carbocycles. The lowest BCUT2D eigenvalue weighted by Gasteiger charge is -2.33. The number of thioether (sulfide) groups is 1. The monoisotopic (exact) mass is 746 g/mol. The van der Waals surface area contributed by atoms with E-state index in [0.29, 0.717) is 42.5 Å². The maximum Gasteiger partial charge on any atom is 0.416 e. The van der Waals surface area contributed by atoms with Crippen molar-refractivity contribution in [3.05, 3.63) is 106 Å². The number of hydrogen-bond acceptors (Lipinski definition) is 7. The van der Waals surface area contributed by atoms with E-state index >= 15 is 0 Å². The quantitative estimate of drug-likeness (QED) is 0.0941. The molecule has 0 aliphatic carbocycles. The van der Waals surface area contributed by atoms with Gasteiger partial charge in [0.25, 0.3) is 0 Å². The van der Waals surface area contributed by atoms with Gasteiger partial charge in [-0.05, 0) is 85.3 Å². The number of rotatable bonds is 14. The van der Waals surface area contributed by atoms with Crippen molar-refractivity contribution in [1.82, 2.24) is 9.97 Å². The number of nitrogens with zero attached hydrogens (tertiary/aromatic N) is 4. The van der Waals surface area contributed by atoms with E-state index < -0.39 is 53.4 Å². The summed E-state index contributed by atoms with van der Waals surface area (Å²) in [5.41, 5.74) is -3.22. The van der Waals surface area contributed by atoms with Crippen molar-refractivity contribution >= 4 is 23.4 Å². The minimum Gasteiger partial charge on any atom is -0.497 e. The van der Waals surface area contributed by atoms with Crippen LogP contribution in [0.15, 0.2) is 73.1 Å². The predicted molar refractivity (Wildman–Crippen MR) is 178 cm³/mol. The summed E-state index contributed by atoms with van der Waals surface area (Å²) in [7, 11) is 1.51. The number of anilines is 2. The topological polar surface area (TPSA) is 50.7 Å². The second-order valence-corrected chi connectivity index (χ2v) is 12.4. The van der Waals surface area contributed by atoms with Crippen LogP contribution in [0, 0.1) is 0 Å². The number of hydrogen-bond donors (Lipinski definition) is 0. The van der Waals surface area contributed by atoms with Gasteiger partial charge < -0.3 is 19.3 Å². The van der Waals surface area contributed by atoms with Gasteiger partial charge in [-0.3, -0.25) is 0 Å². The molecule has 0 unspecified atom stereocenters. The third kappa shape index (κ3) is 10.4. The van der Waals surface area contributed by atoms with E-state index in [9.17, 15) is 39.5 Å². The van der Waals surface area contributed by atoms with E-state index in [2.05, 4.69) is 9.97 Å². The second-order valence-electron chi connectivity index (χ2n) is 11.4. The summed E-state index contributed by atoms with van der Waals surface area (Å²) in [5, 5.41) is 0. The molecule has 0 fully saturated rings. The van der Waals surface area contributed by atoms with E-state index in [-0.39, 0.29) is 29.9 Å². The van der Waals surface area contributed by atoms with Crippen LogP contribution in [0.5, 0.6) is 11.5 Å². The number of methoxy groups -OCH3 is 1. The molecule has 16 heteroatoms. The van der Waals surface area contributed by atoms with Crippen LogP contribution in [0.3, 0.4) is 0 Å². The maximum absolute atomic E-state index is 14.1. The summed E-state index contributed by atoms with van der Waals surface area (Å²) < 4.78 is 136. The molecule has 1 atom stereocenters. The van der Waals surface area contributed by atoms with Crippen LogP contribution in [-0.4, -0.2) is 42.2 Å². The largest absolute Gasteiger partial charge is 0.497 e. The van der Waals surface area contributed by atoms with Gasteiger partial charge in [0, 0.05) is 31.1 Å². The highest BCUT2D eigenvalue weighted by atomic mass is 32.2. The van der Waals surface area contributed by atoms with Crippen molar-refractivity contribution in [3.63, 3.8) is 0 Å². The molecule has 4 aromatic rings. The maximum atomic E-state index is 14.1. The number of aromatic nitrogens is 2. The van der Waals surface area contributed by atoms with Gasteiger partial charge in [-0.25, -0.2) is 9.97 Å². The average Bonchev–Trinajstić information content (AvgIpc) is 3.08. The molecule has 0 N–H and O–H groups in total. The molecule has 0 spiro atoms. The Bertz CT molecular complexity index is 1700. The molecule has 51 heavy (non-hydrogen) atoms. The Kier molecular flexibility index (Phi) is 12.6. The van der Waals surface area contributed by atoms with Gasteiger partial charge in [0.2, 0.25) is 5.95 Å². The van der Waals surface area contributed by atoms with Crippen LogP contribution < -0.4 is 19.3 Å². The van der Waals surface area contributed by atoms with Gasteiger partial charge in [-0.15, -0.1) is 0 Å². The van der Waals surface area contributed by atoms with E-state index in [1.54, 1.807) is 36.1 Å². The third-order valence-corrected chi connectivity index (χ3v) is 8.56. The van der Waals surface area contributed by atoms with Crippen molar-refractivity contribution in [1.29, 1.82) is 0 Å². The van der Waals surface area contributed by atoms with Crippen LogP contribution in [0.25, 0.3) is 0 Å². The molecular weight excluding hydrogens is 711 g/mol. The molecule has 0 radical (unpaired) electrons. The van der Waals surface area contributed by atoms with Crippen molar-refractivity contribution in [3.8, 4) is 11.5 Å². The zero-order valence-electron chi connectivity index (χ0n) is 28.0. The number of alkyl halides is 9. The summed E-state index contributed by atoms with van der Waals surface area (Å²) in [4.78, 5) is 11.6. The molecule has 0 aliphatic heterocycles. The fraction of sp³-hybridized carbons (Fsp3) is 0.371. The van der Waals surface area contributed by atoms with Gasteiger partial charge in [-0.1, -0.05) is 12.1 Å². The molecule has 1 heterocycles. The van der Waals surface area contributed by atoms with E-state index in [0.717, 1.165) is 17.7 Å². The first-order valence-electron chi connectivity index (χ1n) is 15.5. The van der Waals surface area contributed by atoms with Crippen LogP contribution in [0.1, 0.15) is 53.3 Å². The van der Waals surface area contributed by atoms with Gasteiger partial charge in [0.1, 0.15) is 5.75 Å². The summed E-state index contributed by atoms with van der Waals surface area (Å²) in [5.74, 6) is 1.33. The molecule has 1 aromatic heterocycles. The molecule has 0 aliphatic rings. The van der Waals surface area contributed by atoms with Gasteiger partial charge in [0.05, 0.1) is 48.8 Å². The number of benzene rings is 3. The Morgan fingerprint density at radius 2 is 1.33 bits per heavy atom. The van der Waals surface area contributed by atoms with E-state index in [4.69, 9.17) is 9.47 Å². The summed E-state index contributed by atoms with van der Waals surface area (Å²) in [6.07, 6.45) is -10.6. The first-order valence-corrected chi connectivity index (χ1v) is 16.9. The highest BCUT2D eigenvalue weighted by Gasteiger charge is 2.38. The number of ether oxygens (including phenoxy) is 2. The highest BCUT2D eigenvalue weighted by molar-refractivity contribution is 7.98. The molecular formula is C35H35F9N4O2S. The lowest BCUT2D eigenvalue weighted by molar-refractivity contribution is -0.143. The van der Waals surface area contributed by atoms with Crippen LogP contribution in [0.2, 0.25) is 0 Å². The molecule has 0 saturated heterocycles. The first kappa shape index (κ1) is 39.4. The number of halogens is 9. The Morgan fingerprint density at radius 3 is 1.84 bits per heavy atom. The van der Waals surface area contributed by atoms with Crippen LogP contribution in [0.4, 0.5) is 51.1 Å². The Balaban J connectivity index is 1.86. The molecule has 6 nitrogen and oxygen atoms in total. The van der Waals surface area contributed by atoms with Crippen molar-refractivity contribution in [2.75, 3.05) is 42.1 Å². The smallest absolute Gasteiger partial charge is 0.416 e. The fourth-order valence-electron chi connectivity index (χ4n) is 5.26. The lowest BCUT2D eigenvalue weighted by atomic mass is 9.98. The average molecular weight is 747 g/mol. The summed E-state index contributed by atoms with van der Waals surface area (Å²) >= 11 is 1.52.